The molecule has 1 aliphatic rings. The number of carboxylic acids is 1. The number of aromatic nitrogens is 1. The number of benzene rings is 1. The number of amides is 2. The van der Waals surface area contributed by atoms with Gasteiger partial charge in [0.1, 0.15) is 5.82 Å². The molecule has 0 saturated carbocycles. The molecule has 0 fully saturated rings. The summed E-state index contributed by atoms with van der Waals surface area (Å²) < 4.78 is 13.7. The molecule has 1 aliphatic heterocycles. The minimum atomic E-state index is -0.771. The van der Waals surface area contributed by atoms with Crippen molar-refractivity contribution in [3.8, 4) is 0 Å². The lowest BCUT2D eigenvalue weighted by Crippen LogP contribution is -2.29. The van der Waals surface area contributed by atoms with Crippen LogP contribution in [-0.2, 0) is 9.59 Å². The number of unbranched alkanes of at least 4 members (excludes halogenated alkanes) is 2. The van der Waals surface area contributed by atoms with Crippen LogP contribution in [0, 0.1) is 25.6 Å². The van der Waals surface area contributed by atoms with Crippen molar-refractivity contribution in [2.75, 3.05) is 11.9 Å². The Labute approximate surface area is 192 Å². The van der Waals surface area contributed by atoms with E-state index in [4.69, 9.17) is 5.11 Å². The summed E-state index contributed by atoms with van der Waals surface area (Å²) >= 11 is 0. The topological polar surface area (TPSA) is 111 Å². The summed E-state index contributed by atoms with van der Waals surface area (Å²) in [6, 6.07) is 4.15. The van der Waals surface area contributed by atoms with Crippen molar-refractivity contribution in [3.63, 3.8) is 0 Å². The number of fused-ring (bicyclic) bond motifs is 1. The summed E-state index contributed by atoms with van der Waals surface area (Å²) in [7, 11) is 0. The van der Waals surface area contributed by atoms with Gasteiger partial charge in [-0.25, -0.2) is 4.39 Å². The number of H-pyrrole nitrogens is 1. The Morgan fingerprint density at radius 2 is 1.97 bits per heavy atom. The van der Waals surface area contributed by atoms with Crippen molar-refractivity contribution in [2.24, 2.45) is 5.92 Å². The summed E-state index contributed by atoms with van der Waals surface area (Å²) in [5, 5.41) is 14.4. The number of hydrogen-bond acceptors (Lipinski definition) is 3. The monoisotopic (exact) mass is 455 g/mol. The molecule has 1 unspecified atom stereocenters. The third-order valence-corrected chi connectivity index (χ3v) is 5.96. The van der Waals surface area contributed by atoms with Gasteiger partial charge in [-0.15, -0.1) is 0 Å². The van der Waals surface area contributed by atoms with E-state index in [1.54, 1.807) is 13.0 Å². The second kappa shape index (κ2) is 10.5. The zero-order valence-corrected chi connectivity index (χ0v) is 19.2. The average Bonchev–Trinajstić information content (AvgIpc) is 3.21. The van der Waals surface area contributed by atoms with Crippen molar-refractivity contribution in [1.29, 1.82) is 0 Å². The van der Waals surface area contributed by atoms with Gasteiger partial charge in [-0.05, 0) is 62.4 Å². The van der Waals surface area contributed by atoms with E-state index in [1.165, 1.54) is 18.2 Å². The maximum absolute atomic E-state index is 13.7. The fourth-order valence-corrected chi connectivity index (χ4v) is 4.11. The summed E-state index contributed by atoms with van der Waals surface area (Å²) in [6.07, 6.45) is 5.21. The van der Waals surface area contributed by atoms with E-state index in [1.807, 2.05) is 6.92 Å². The molecular formula is C25H30FN3O4. The number of hydrogen-bond donors (Lipinski definition) is 4. The second-order valence-corrected chi connectivity index (χ2v) is 8.67. The summed E-state index contributed by atoms with van der Waals surface area (Å²) in [4.78, 5) is 39.0. The van der Waals surface area contributed by atoms with Gasteiger partial charge in [-0.2, -0.15) is 0 Å². The van der Waals surface area contributed by atoms with E-state index in [0.717, 1.165) is 24.8 Å². The first-order chi connectivity index (χ1) is 15.7. The van der Waals surface area contributed by atoms with Gasteiger partial charge in [0.15, 0.2) is 0 Å². The molecule has 3 rings (SSSR count). The van der Waals surface area contributed by atoms with Crippen LogP contribution in [0.25, 0.3) is 11.6 Å². The highest BCUT2D eigenvalue weighted by atomic mass is 19.1. The first-order valence-electron chi connectivity index (χ1n) is 11.2. The minimum absolute atomic E-state index is 0.189. The third-order valence-electron chi connectivity index (χ3n) is 5.96. The minimum Gasteiger partial charge on any atom is -0.481 e. The fourth-order valence-electron chi connectivity index (χ4n) is 4.11. The number of carboxylic acid groups (broad SMARTS) is 1. The normalized spacial score (nSPS) is 14.8. The molecule has 2 amide bonds. The Bertz CT molecular complexity index is 1100. The van der Waals surface area contributed by atoms with E-state index < -0.39 is 11.8 Å². The molecule has 0 bridgehead atoms. The van der Waals surface area contributed by atoms with Gasteiger partial charge in [0.2, 0.25) is 0 Å². The SMILES string of the molecule is Cc1[nH]c(C=C2C(=O)Nc3ccc(F)cc32)c(C)c1C(=O)NCC(C)CCCCCC(=O)O. The van der Waals surface area contributed by atoms with Gasteiger partial charge in [-0.1, -0.05) is 19.8 Å². The zero-order valence-electron chi connectivity index (χ0n) is 19.2. The third kappa shape index (κ3) is 5.88. The molecule has 1 aromatic carbocycles. The van der Waals surface area contributed by atoms with Crippen LogP contribution in [0.4, 0.5) is 10.1 Å². The van der Waals surface area contributed by atoms with Crippen LogP contribution >= 0.6 is 0 Å². The number of aliphatic carboxylic acids is 1. The van der Waals surface area contributed by atoms with Crippen LogP contribution in [0.3, 0.4) is 0 Å². The van der Waals surface area contributed by atoms with E-state index in [0.29, 0.717) is 46.7 Å². The molecule has 4 N–H and O–H groups in total. The zero-order chi connectivity index (χ0) is 24.1. The van der Waals surface area contributed by atoms with Gasteiger partial charge in [0.25, 0.3) is 11.8 Å². The number of halogens is 1. The van der Waals surface area contributed by atoms with Gasteiger partial charge in [0, 0.05) is 35.6 Å². The van der Waals surface area contributed by atoms with Crippen LogP contribution in [0.5, 0.6) is 0 Å². The van der Waals surface area contributed by atoms with Crippen molar-refractivity contribution in [3.05, 3.63) is 52.1 Å². The molecule has 2 heterocycles. The number of anilines is 1. The quantitative estimate of drug-likeness (QED) is 0.308. The van der Waals surface area contributed by atoms with Crippen molar-refractivity contribution < 1.29 is 23.9 Å². The van der Waals surface area contributed by atoms with E-state index in [-0.39, 0.29) is 24.2 Å². The van der Waals surface area contributed by atoms with E-state index in [9.17, 15) is 18.8 Å². The predicted molar refractivity (Wildman–Crippen MR) is 125 cm³/mol. The average molecular weight is 456 g/mol. The highest BCUT2D eigenvalue weighted by Crippen LogP contribution is 2.34. The van der Waals surface area contributed by atoms with Crippen molar-refractivity contribution in [1.82, 2.24) is 10.3 Å². The molecule has 0 saturated heterocycles. The summed E-state index contributed by atoms with van der Waals surface area (Å²) in [5.74, 6) is -1.43. The Kier molecular flexibility index (Phi) is 7.68. The predicted octanol–water partition coefficient (Wildman–Crippen LogP) is 4.66. The van der Waals surface area contributed by atoms with Gasteiger partial charge < -0.3 is 20.7 Å². The molecule has 33 heavy (non-hydrogen) atoms. The molecule has 7 nitrogen and oxygen atoms in total. The molecule has 1 atom stereocenters. The van der Waals surface area contributed by atoms with Gasteiger partial charge >= 0.3 is 5.97 Å². The number of aryl methyl sites for hydroxylation is 1. The molecule has 176 valence electrons. The lowest BCUT2D eigenvalue weighted by atomic mass is 10.0. The molecule has 0 radical (unpaired) electrons. The summed E-state index contributed by atoms with van der Waals surface area (Å²) in [5.41, 5.74) is 3.97. The van der Waals surface area contributed by atoms with Crippen LogP contribution in [0.15, 0.2) is 18.2 Å². The Morgan fingerprint density at radius 1 is 1.21 bits per heavy atom. The molecule has 0 spiro atoms. The number of carbonyl (C=O) groups excluding carboxylic acids is 2. The molecule has 1 aromatic heterocycles. The van der Waals surface area contributed by atoms with Crippen LogP contribution in [0.2, 0.25) is 0 Å². The van der Waals surface area contributed by atoms with Crippen LogP contribution in [0.1, 0.15) is 71.9 Å². The molecule has 0 aliphatic carbocycles. The van der Waals surface area contributed by atoms with Crippen LogP contribution in [-0.4, -0.2) is 34.4 Å². The fraction of sp³-hybridized carbons (Fsp3) is 0.400. The van der Waals surface area contributed by atoms with E-state index >= 15 is 0 Å². The molecule has 2 aromatic rings. The maximum Gasteiger partial charge on any atom is 0.303 e. The number of nitrogens with one attached hydrogen (secondary N) is 3. The van der Waals surface area contributed by atoms with Crippen molar-refractivity contribution in [2.45, 2.75) is 52.9 Å². The molecule has 8 heteroatoms. The highest BCUT2D eigenvalue weighted by Gasteiger charge is 2.26. The second-order valence-electron chi connectivity index (χ2n) is 8.67. The standard InChI is InChI=1S/C25H30FN3O4/c1-14(7-5-4-6-8-22(30)31)13-27-25(33)23-15(2)21(28-16(23)3)12-19-18-11-17(26)9-10-20(18)29-24(19)32/h9-12,14,28H,4-8,13H2,1-3H3,(H,27,33)(H,29,32)(H,30,31). The smallest absolute Gasteiger partial charge is 0.303 e. The van der Waals surface area contributed by atoms with Crippen LogP contribution < -0.4 is 10.6 Å². The maximum atomic E-state index is 13.7. The first-order valence-corrected chi connectivity index (χ1v) is 11.2. The Morgan fingerprint density at radius 3 is 2.70 bits per heavy atom. The Hall–Kier alpha value is -3.42. The van der Waals surface area contributed by atoms with Gasteiger partial charge in [-0.3, -0.25) is 14.4 Å². The number of carbonyl (C=O) groups is 3. The van der Waals surface area contributed by atoms with Crippen molar-refractivity contribution >= 4 is 35.1 Å². The Balaban J connectivity index is 1.64. The van der Waals surface area contributed by atoms with Gasteiger partial charge in [0.05, 0.1) is 11.1 Å². The largest absolute Gasteiger partial charge is 0.481 e. The lowest BCUT2D eigenvalue weighted by Gasteiger charge is -2.13. The summed E-state index contributed by atoms with van der Waals surface area (Å²) in [6.45, 7) is 6.20. The van der Waals surface area contributed by atoms with E-state index in [2.05, 4.69) is 22.5 Å². The highest BCUT2D eigenvalue weighted by molar-refractivity contribution is 6.34. The molecular weight excluding hydrogens is 425 g/mol. The number of aromatic amines is 1. The number of rotatable bonds is 10. The first kappa shape index (κ1) is 24.2. The lowest BCUT2D eigenvalue weighted by molar-refractivity contribution is -0.137.